The number of fused-ring (bicyclic) bond motifs is 7. The minimum Gasteiger partial charge on any atom is -0.493 e. The Labute approximate surface area is 191 Å². The summed E-state index contributed by atoms with van der Waals surface area (Å²) in [6, 6.07) is 15.1. The summed E-state index contributed by atoms with van der Waals surface area (Å²) in [4.78, 5) is 27.4. The number of carbonyl (C=O) groups excluding carboxylic acids is 1. The number of hydrogen-bond donors (Lipinski definition) is 1. The molecule has 0 fully saturated rings. The number of methoxy groups -OCH3 is 2. The third kappa shape index (κ3) is 2.98. The maximum absolute atomic E-state index is 13.8. The topological polar surface area (TPSA) is 83.6 Å². The van der Waals surface area contributed by atoms with Crippen LogP contribution in [0.4, 0.5) is 0 Å². The van der Waals surface area contributed by atoms with Crippen LogP contribution in [0.3, 0.4) is 0 Å². The highest BCUT2D eigenvalue weighted by Crippen LogP contribution is 2.44. The second kappa shape index (κ2) is 8.30. The summed E-state index contributed by atoms with van der Waals surface area (Å²) in [5, 5.41) is 2.88. The van der Waals surface area contributed by atoms with Gasteiger partial charge in [-0.3, -0.25) is 9.59 Å². The number of ketones is 1. The van der Waals surface area contributed by atoms with E-state index in [1.807, 2.05) is 36.4 Å². The number of nitrogens with zero attached hydrogens (tertiary/aromatic N) is 1. The van der Waals surface area contributed by atoms with Crippen LogP contribution in [-0.4, -0.2) is 31.1 Å². The van der Waals surface area contributed by atoms with Gasteiger partial charge in [0.1, 0.15) is 0 Å². The number of benzene rings is 3. The maximum atomic E-state index is 13.8. The Morgan fingerprint density at radius 1 is 0.875 bits per heavy atom. The zero-order chi connectivity index (χ0) is 21.7. The van der Waals surface area contributed by atoms with Gasteiger partial charge in [0.2, 0.25) is 0 Å². The number of ether oxygens (including phenoxy) is 2. The lowest BCUT2D eigenvalue weighted by Crippen LogP contribution is -2.24. The largest absolute Gasteiger partial charge is 0.493 e. The molecule has 0 radical (unpaired) electrons. The first-order valence-electron chi connectivity index (χ1n) is 10.2. The smallest absolute Gasteiger partial charge is 0.259 e. The number of halogens is 1. The standard InChI is InChI=1S/C25H22N2O4.ClH/c1-30-19-12-17-18(13-20(19)31-2)25(29)27(11-5-10-26)23-16-9-8-14-6-3-4-7-15(14)21(16)24(28)22(17)23;/h3-4,6-9,12-13H,5,10-11,26H2,1-2H3;1H. The molecule has 1 heterocycles. The summed E-state index contributed by atoms with van der Waals surface area (Å²) in [5.41, 5.74) is 8.18. The SMILES string of the molecule is COc1cc2c3c(n(CCCN)c(=O)c2cc1OC)-c1ccc2ccccc2c1C3=O.Cl. The van der Waals surface area contributed by atoms with Crippen LogP contribution in [0.5, 0.6) is 11.5 Å². The van der Waals surface area contributed by atoms with Crippen molar-refractivity contribution in [3.8, 4) is 22.8 Å². The Morgan fingerprint density at radius 3 is 2.25 bits per heavy atom. The summed E-state index contributed by atoms with van der Waals surface area (Å²) in [5.74, 6) is 0.844. The molecule has 1 aliphatic carbocycles. The number of aromatic nitrogens is 1. The highest BCUT2D eigenvalue weighted by molar-refractivity contribution is 6.31. The van der Waals surface area contributed by atoms with Crippen molar-refractivity contribution in [3.05, 3.63) is 70.0 Å². The van der Waals surface area contributed by atoms with Gasteiger partial charge in [0.05, 0.1) is 30.9 Å². The second-order valence-electron chi connectivity index (χ2n) is 7.61. The summed E-state index contributed by atoms with van der Waals surface area (Å²) in [6.45, 7) is 0.880. The molecule has 4 aromatic rings. The molecule has 0 saturated heterocycles. The van der Waals surface area contributed by atoms with Crippen molar-refractivity contribution in [2.24, 2.45) is 5.73 Å². The van der Waals surface area contributed by atoms with Gasteiger partial charge in [-0.2, -0.15) is 0 Å². The lowest BCUT2D eigenvalue weighted by molar-refractivity contribution is 0.104. The van der Waals surface area contributed by atoms with Gasteiger partial charge >= 0.3 is 0 Å². The van der Waals surface area contributed by atoms with Crippen molar-refractivity contribution < 1.29 is 14.3 Å². The highest BCUT2D eigenvalue weighted by atomic mass is 35.5. The van der Waals surface area contributed by atoms with E-state index in [0.29, 0.717) is 58.6 Å². The Hall–Kier alpha value is -3.35. The van der Waals surface area contributed by atoms with Gasteiger partial charge in [-0.15, -0.1) is 12.4 Å². The molecule has 0 aliphatic heterocycles. The van der Waals surface area contributed by atoms with Crippen LogP contribution in [-0.2, 0) is 6.54 Å². The average Bonchev–Trinajstić information content (AvgIpc) is 3.11. The number of carbonyl (C=O) groups is 1. The summed E-state index contributed by atoms with van der Waals surface area (Å²) in [7, 11) is 3.06. The highest BCUT2D eigenvalue weighted by Gasteiger charge is 2.34. The van der Waals surface area contributed by atoms with Crippen LogP contribution in [0.2, 0.25) is 0 Å². The first-order valence-corrected chi connectivity index (χ1v) is 10.2. The van der Waals surface area contributed by atoms with E-state index >= 15 is 0 Å². The van der Waals surface area contributed by atoms with E-state index in [1.54, 1.807) is 16.7 Å². The molecule has 0 saturated carbocycles. The fraction of sp³-hybridized carbons (Fsp3) is 0.200. The Balaban J connectivity index is 0.00000245. The molecular weight excluding hydrogens is 428 g/mol. The third-order valence-corrected chi connectivity index (χ3v) is 6.00. The molecular formula is C25H23ClN2O4. The number of pyridine rings is 1. The van der Waals surface area contributed by atoms with Crippen molar-refractivity contribution in [1.82, 2.24) is 4.57 Å². The van der Waals surface area contributed by atoms with Gasteiger partial charge in [0.15, 0.2) is 17.3 Å². The zero-order valence-corrected chi connectivity index (χ0v) is 18.6. The minimum absolute atomic E-state index is 0. The fourth-order valence-corrected chi connectivity index (χ4v) is 4.58. The lowest BCUT2D eigenvalue weighted by Gasteiger charge is -2.16. The molecule has 1 aliphatic rings. The first kappa shape index (κ1) is 21.9. The third-order valence-electron chi connectivity index (χ3n) is 6.00. The van der Waals surface area contributed by atoms with Crippen LogP contribution in [0, 0.1) is 0 Å². The van der Waals surface area contributed by atoms with Crippen molar-refractivity contribution in [1.29, 1.82) is 0 Å². The van der Waals surface area contributed by atoms with Crippen molar-refractivity contribution in [2.45, 2.75) is 13.0 Å². The van der Waals surface area contributed by atoms with E-state index in [-0.39, 0.29) is 23.7 Å². The van der Waals surface area contributed by atoms with Crippen molar-refractivity contribution in [3.63, 3.8) is 0 Å². The van der Waals surface area contributed by atoms with Gasteiger partial charge < -0.3 is 19.8 Å². The lowest BCUT2D eigenvalue weighted by atomic mass is 9.99. The molecule has 0 amide bonds. The van der Waals surface area contributed by atoms with Gasteiger partial charge in [-0.1, -0.05) is 36.4 Å². The molecule has 7 heteroatoms. The van der Waals surface area contributed by atoms with Crippen LogP contribution in [0.25, 0.3) is 32.8 Å². The summed E-state index contributed by atoms with van der Waals surface area (Å²) < 4.78 is 12.6. The van der Waals surface area contributed by atoms with E-state index in [2.05, 4.69) is 0 Å². The van der Waals surface area contributed by atoms with Crippen LogP contribution in [0.1, 0.15) is 22.3 Å². The predicted molar refractivity (Wildman–Crippen MR) is 129 cm³/mol. The molecule has 3 aromatic carbocycles. The number of rotatable bonds is 5. The minimum atomic E-state index is -0.169. The normalized spacial score (nSPS) is 11.9. The number of hydrogen-bond acceptors (Lipinski definition) is 5. The van der Waals surface area contributed by atoms with Gasteiger partial charge in [0.25, 0.3) is 5.56 Å². The van der Waals surface area contributed by atoms with Gasteiger partial charge in [-0.25, -0.2) is 0 Å². The Morgan fingerprint density at radius 2 is 1.56 bits per heavy atom. The van der Waals surface area contributed by atoms with Crippen molar-refractivity contribution in [2.75, 3.05) is 20.8 Å². The van der Waals surface area contributed by atoms with E-state index in [0.717, 1.165) is 16.3 Å². The summed E-state index contributed by atoms with van der Waals surface area (Å²) >= 11 is 0. The fourth-order valence-electron chi connectivity index (χ4n) is 4.58. The molecule has 0 bridgehead atoms. The van der Waals surface area contributed by atoms with E-state index in [1.165, 1.54) is 14.2 Å². The second-order valence-corrected chi connectivity index (χ2v) is 7.61. The quantitative estimate of drug-likeness (QED) is 0.435. The van der Waals surface area contributed by atoms with E-state index in [4.69, 9.17) is 15.2 Å². The molecule has 2 N–H and O–H groups in total. The maximum Gasteiger partial charge on any atom is 0.259 e. The summed E-state index contributed by atoms with van der Waals surface area (Å²) in [6.07, 6.45) is 0.627. The van der Waals surface area contributed by atoms with Crippen LogP contribution in [0.15, 0.2) is 53.3 Å². The Bertz CT molecular complexity index is 1440. The van der Waals surface area contributed by atoms with Gasteiger partial charge in [0, 0.05) is 23.1 Å². The molecule has 0 atom stereocenters. The van der Waals surface area contributed by atoms with E-state index in [9.17, 15) is 9.59 Å². The molecule has 0 unspecified atom stereocenters. The number of nitrogens with two attached hydrogens (primary N) is 1. The zero-order valence-electron chi connectivity index (χ0n) is 17.8. The molecule has 0 spiro atoms. The molecule has 6 nitrogen and oxygen atoms in total. The van der Waals surface area contributed by atoms with E-state index < -0.39 is 0 Å². The van der Waals surface area contributed by atoms with Crippen LogP contribution >= 0.6 is 12.4 Å². The Kier molecular flexibility index (Phi) is 5.67. The monoisotopic (exact) mass is 450 g/mol. The first-order chi connectivity index (χ1) is 15.1. The van der Waals surface area contributed by atoms with Crippen LogP contribution < -0.4 is 20.8 Å². The predicted octanol–water partition coefficient (Wildman–Crippen LogP) is 4.15. The molecule has 5 rings (SSSR count). The van der Waals surface area contributed by atoms with Crippen molar-refractivity contribution >= 4 is 39.7 Å². The van der Waals surface area contributed by atoms with Gasteiger partial charge in [-0.05, 0) is 35.9 Å². The molecule has 164 valence electrons. The average molecular weight is 451 g/mol. The molecule has 1 aromatic heterocycles. The molecule has 32 heavy (non-hydrogen) atoms.